The third kappa shape index (κ3) is 9.28. The Morgan fingerprint density at radius 3 is 1.23 bits per heavy atom. The molecule has 3 heterocycles. The Hall–Kier alpha value is -10.7. The summed E-state index contributed by atoms with van der Waals surface area (Å²) in [7, 11) is 0. The van der Waals surface area contributed by atoms with E-state index in [1.54, 1.807) is 0 Å². The molecule has 0 saturated carbocycles. The molecule has 90 heavy (non-hydrogen) atoms. The highest BCUT2D eigenvalue weighted by Gasteiger charge is 2.46. The molecule has 1 aromatic heterocycles. The molecular formula is C86H67BN2O. The smallest absolute Gasteiger partial charge is 0.252 e. The van der Waals surface area contributed by atoms with Crippen LogP contribution in [-0.2, 0) is 10.8 Å². The molecule has 0 N–H and O–H groups in total. The summed E-state index contributed by atoms with van der Waals surface area (Å²) in [6.45, 7) is 12.7. The highest BCUT2D eigenvalue weighted by Crippen LogP contribution is 2.56. The molecule has 430 valence electrons. The molecule has 0 saturated heterocycles. The first-order valence-corrected chi connectivity index (χ1v) is 30.8. The van der Waals surface area contributed by atoms with Gasteiger partial charge in [-0.3, -0.25) is 0 Å². The summed E-state index contributed by atoms with van der Waals surface area (Å²) in [5.74, 6) is 0. The van der Waals surface area contributed by atoms with Crippen LogP contribution < -0.4 is 26.2 Å². The molecule has 0 aliphatic carbocycles. The number of hydrogen-bond acceptors (Lipinski definition) is 3. The molecule has 3 nitrogen and oxygen atoms in total. The normalized spacial score (nSPS) is 14.3. The summed E-state index contributed by atoms with van der Waals surface area (Å²) in [5.41, 5.74) is 20.4. The fourth-order valence-corrected chi connectivity index (χ4v) is 13.7. The predicted molar refractivity (Wildman–Crippen MR) is 383 cm³/mol. The predicted octanol–water partition coefficient (Wildman–Crippen LogP) is 21.9. The van der Waals surface area contributed by atoms with Crippen molar-refractivity contribution in [3.63, 3.8) is 0 Å². The summed E-state index contributed by atoms with van der Waals surface area (Å²) in [4.78, 5) is 4.77. The number of rotatable bonds is 9. The molecule has 4 heteroatoms. The lowest BCUT2D eigenvalue weighted by molar-refractivity contribution is 0.590. The highest BCUT2D eigenvalue weighted by atomic mass is 16.3. The van der Waals surface area contributed by atoms with Crippen LogP contribution in [0.5, 0.6) is 0 Å². The quantitative estimate of drug-likeness (QED) is 0.134. The molecular weight excluding hydrogens is 1090 g/mol. The third-order valence-corrected chi connectivity index (χ3v) is 18.1. The monoisotopic (exact) mass is 1160 g/mol. The summed E-state index contributed by atoms with van der Waals surface area (Å²) in [5, 5.41) is 1.86. The van der Waals surface area contributed by atoms with E-state index in [-0.39, 0.29) is 46.1 Å². The Morgan fingerprint density at radius 1 is 0.322 bits per heavy atom. The zero-order valence-electron chi connectivity index (χ0n) is 60.9. The van der Waals surface area contributed by atoms with E-state index in [4.69, 9.17) is 12.6 Å². The average Bonchev–Trinajstić information content (AvgIpc) is 0.751. The number of anilines is 6. The minimum absolute atomic E-state index is 0.0430. The maximum atomic E-state index is 9.59. The van der Waals surface area contributed by atoms with Crippen molar-refractivity contribution >= 4 is 79.2 Å². The number of nitrogens with zero attached hydrogens (tertiary/aromatic N) is 2. The van der Waals surface area contributed by atoms with Gasteiger partial charge < -0.3 is 14.2 Å². The standard InChI is InChI=1S/C86H67BN2O/c1-85(2,3)65-52-69(58-32-17-9-18-33-58)83(70(53-65)59-34-19-10-20-35-59)88-75-47-45-62(56-28-13-7-14-29-56)48-74(75)87-73-46-44-63(57-30-15-8-16-31-57)49-76(73)89(78-51-64(50-77(88)82(78)87)67-41-27-43-80-81(67)68-40-25-26-42-79(68)90-80)84-71(60-36-21-11-22-37-60)54-66(86(4,5)6)55-72(84)61-38-23-12-24-39-61/h7-55H,1-6H3/i7D,8D,13D,14D,15D,16D,28D,29D,30D,31D. The van der Waals surface area contributed by atoms with Crippen molar-refractivity contribution in [2.24, 2.45) is 0 Å². The lowest BCUT2D eigenvalue weighted by Crippen LogP contribution is -2.61. The number of hydrogen-bond donors (Lipinski definition) is 0. The van der Waals surface area contributed by atoms with Crippen molar-refractivity contribution in [2.45, 2.75) is 52.4 Å². The third-order valence-electron chi connectivity index (χ3n) is 18.1. The lowest BCUT2D eigenvalue weighted by Gasteiger charge is -2.46. The van der Waals surface area contributed by atoms with E-state index in [0.29, 0.717) is 22.4 Å². The van der Waals surface area contributed by atoms with Gasteiger partial charge in [-0.15, -0.1) is 0 Å². The second-order valence-corrected chi connectivity index (χ2v) is 25.7. The van der Waals surface area contributed by atoms with E-state index >= 15 is 0 Å². The zero-order chi connectivity index (χ0) is 69.5. The molecule has 0 fully saturated rings. The largest absolute Gasteiger partial charge is 0.456 e. The van der Waals surface area contributed by atoms with E-state index < -0.39 is 43.0 Å². The van der Waals surface area contributed by atoms with Crippen LogP contribution in [0.4, 0.5) is 34.1 Å². The maximum absolute atomic E-state index is 9.59. The average molecular weight is 1170 g/mol. The van der Waals surface area contributed by atoms with Crippen molar-refractivity contribution in [2.75, 3.05) is 9.80 Å². The van der Waals surface area contributed by atoms with Gasteiger partial charge in [-0.25, -0.2) is 0 Å². The van der Waals surface area contributed by atoms with Crippen LogP contribution in [0.15, 0.2) is 301 Å². The molecule has 2 aliphatic heterocycles. The number of fused-ring (bicyclic) bond motifs is 7. The second kappa shape index (κ2) is 21.6. The van der Waals surface area contributed by atoms with Crippen LogP contribution in [0.2, 0.25) is 0 Å². The fraction of sp³-hybridized carbons (Fsp3) is 0.0930. The van der Waals surface area contributed by atoms with Gasteiger partial charge in [0.2, 0.25) is 0 Å². The summed E-state index contributed by atoms with van der Waals surface area (Å²) >= 11 is 0. The topological polar surface area (TPSA) is 19.6 Å². The first kappa shape index (κ1) is 44.7. The Balaban J connectivity index is 1.15. The van der Waals surface area contributed by atoms with Gasteiger partial charge in [0.1, 0.15) is 11.2 Å². The molecule has 16 rings (SSSR count). The van der Waals surface area contributed by atoms with Gasteiger partial charge in [0.15, 0.2) is 0 Å². The minimum Gasteiger partial charge on any atom is -0.456 e. The van der Waals surface area contributed by atoms with E-state index in [1.165, 1.54) is 0 Å². The van der Waals surface area contributed by atoms with Crippen molar-refractivity contribution < 1.29 is 18.1 Å². The van der Waals surface area contributed by atoms with Gasteiger partial charge >= 0.3 is 0 Å². The van der Waals surface area contributed by atoms with Crippen LogP contribution in [-0.4, -0.2) is 6.71 Å². The molecule has 13 aromatic carbocycles. The summed E-state index contributed by atoms with van der Waals surface area (Å²) in [6, 6.07) is 77.7. The Labute approximate surface area is 543 Å². The van der Waals surface area contributed by atoms with E-state index in [2.05, 4.69) is 197 Å². The van der Waals surface area contributed by atoms with Crippen molar-refractivity contribution in [1.29, 1.82) is 0 Å². The SMILES string of the molecule is [2H]c1c([2H])c([2H])c(-c2ccc3c(c2)B2c4ccc(-c5c([2H])c([2H])c([2H])c([2H])c5[2H])cc4N(c4c(-c5ccccc5)cc(C(C)(C)C)cc4-c4ccccc4)c4cc(-c5cccc6oc7ccccc7c56)cc(c42)N3c2c(-c3ccccc3)cc(C(C)(C)C)cc2-c2ccccc2)c([2H])c1[2H]. The van der Waals surface area contributed by atoms with Crippen molar-refractivity contribution in [1.82, 2.24) is 0 Å². The molecule has 0 bridgehead atoms. The number of furan rings is 1. The second-order valence-electron chi connectivity index (χ2n) is 25.7. The summed E-state index contributed by atoms with van der Waals surface area (Å²) < 4.78 is 98.8. The lowest BCUT2D eigenvalue weighted by atomic mass is 9.33. The van der Waals surface area contributed by atoms with Crippen LogP contribution >= 0.6 is 0 Å². The van der Waals surface area contributed by atoms with Crippen LogP contribution in [0.1, 0.15) is 66.4 Å². The van der Waals surface area contributed by atoms with Gasteiger partial charge in [0.25, 0.3) is 6.71 Å². The molecule has 2 aliphatic rings. The van der Waals surface area contributed by atoms with Crippen LogP contribution in [0.3, 0.4) is 0 Å². The fourth-order valence-electron chi connectivity index (χ4n) is 13.7. The van der Waals surface area contributed by atoms with E-state index in [9.17, 15) is 5.48 Å². The molecule has 0 unspecified atom stereocenters. The van der Waals surface area contributed by atoms with Crippen LogP contribution in [0, 0.1) is 0 Å². The maximum Gasteiger partial charge on any atom is 0.252 e. The molecule has 0 spiro atoms. The Bertz CT molecular complexity index is 5530. The van der Waals surface area contributed by atoms with Gasteiger partial charge in [-0.1, -0.05) is 278 Å². The Kier molecular flexibility index (Phi) is 10.7. The van der Waals surface area contributed by atoms with E-state index in [1.807, 2.05) is 91.0 Å². The van der Waals surface area contributed by atoms with Crippen molar-refractivity contribution in [3.8, 4) is 77.9 Å². The zero-order valence-corrected chi connectivity index (χ0v) is 50.9. The highest BCUT2D eigenvalue weighted by molar-refractivity contribution is 7.00. The first-order chi connectivity index (χ1) is 48.1. The van der Waals surface area contributed by atoms with Crippen molar-refractivity contribution in [3.05, 3.63) is 308 Å². The summed E-state index contributed by atoms with van der Waals surface area (Å²) in [6.07, 6.45) is 0. The number of benzene rings is 13. The Morgan fingerprint density at radius 2 is 0.744 bits per heavy atom. The number of para-hydroxylation sites is 1. The molecule has 0 atom stereocenters. The van der Waals surface area contributed by atoms with E-state index in [0.717, 1.165) is 128 Å². The van der Waals surface area contributed by atoms with Gasteiger partial charge in [0.05, 0.1) is 25.1 Å². The van der Waals surface area contributed by atoms with Gasteiger partial charge in [0, 0.05) is 55.8 Å². The molecule has 14 aromatic rings. The molecule has 0 amide bonds. The van der Waals surface area contributed by atoms with Gasteiger partial charge in [-0.2, -0.15) is 0 Å². The van der Waals surface area contributed by atoms with Crippen LogP contribution in [0.25, 0.3) is 99.8 Å². The first-order valence-electron chi connectivity index (χ1n) is 35.8. The minimum atomic E-state index is -0.704. The molecule has 0 radical (unpaired) electrons. The van der Waals surface area contributed by atoms with Gasteiger partial charge in [-0.05, 0) is 155 Å².